The zero-order valence-corrected chi connectivity index (χ0v) is 12.6. The molecule has 0 amide bonds. The lowest BCUT2D eigenvalue weighted by Gasteiger charge is -2.27. The zero-order chi connectivity index (χ0) is 13.7. The lowest BCUT2D eigenvalue weighted by atomic mass is 10.1. The van der Waals surface area contributed by atoms with Crippen molar-refractivity contribution in [1.82, 2.24) is 9.80 Å². The minimum atomic E-state index is -0.334. The SMILES string of the molecule is CCCCOCC(O)CN1CCC2CCC(C1)N2C. The maximum Gasteiger partial charge on any atom is 0.0900 e. The highest BCUT2D eigenvalue weighted by molar-refractivity contribution is 4.91. The summed E-state index contributed by atoms with van der Waals surface area (Å²) >= 11 is 0. The van der Waals surface area contributed by atoms with Gasteiger partial charge in [0.25, 0.3) is 0 Å². The van der Waals surface area contributed by atoms with Crippen molar-refractivity contribution >= 4 is 0 Å². The van der Waals surface area contributed by atoms with Crippen molar-refractivity contribution in [3.8, 4) is 0 Å². The van der Waals surface area contributed by atoms with Gasteiger partial charge in [-0.05, 0) is 39.3 Å². The van der Waals surface area contributed by atoms with Crippen LogP contribution in [-0.2, 0) is 4.74 Å². The number of nitrogens with zero attached hydrogens (tertiary/aromatic N) is 2. The number of fused-ring (bicyclic) bond motifs is 2. The Kier molecular flexibility index (Phi) is 6.07. The molecule has 0 aliphatic carbocycles. The first-order valence-electron chi connectivity index (χ1n) is 7.90. The molecule has 0 radical (unpaired) electrons. The highest BCUT2D eigenvalue weighted by Crippen LogP contribution is 2.28. The van der Waals surface area contributed by atoms with Gasteiger partial charge in [0.15, 0.2) is 0 Å². The van der Waals surface area contributed by atoms with Crippen molar-refractivity contribution in [3.63, 3.8) is 0 Å². The fourth-order valence-electron chi connectivity index (χ4n) is 3.36. The first-order valence-corrected chi connectivity index (χ1v) is 7.90. The fraction of sp³-hybridized carbons (Fsp3) is 1.00. The molecule has 3 unspecified atom stereocenters. The molecule has 0 spiro atoms. The van der Waals surface area contributed by atoms with E-state index in [0.29, 0.717) is 12.6 Å². The topological polar surface area (TPSA) is 35.9 Å². The van der Waals surface area contributed by atoms with Crippen molar-refractivity contribution in [2.45, 2.75) is 57.2 Å². The van der Waals surface area contributed by atoms with E-state index in [9.17, 15) is 5.11 Å². The van der Waals surface area contributed by atoms with E-state index in [1.54, 1.807) is 0 Å². The highest BCUT2D eigenvalue weighted by Gasteiger charge is 2.34. The summed E-state index contributed by atoms with van der Waals surface area (Å²) in [5.41, 5.74) is 0. The third-order valence-electron chi connectivity index (χ3n) is 4.65. The summed E-state index contributed by atoms with van der Waals surface area (Å²) in [6.07, 6.45) is 5.83. The number of hydrogen-bond donors (Lipinski definition) is 1. The van der Waals surface area contributed by atoms with Gasteiger partial charge in [-0.1, -0.05) is 13.3 Å². The molecule has 4 heteroatoms. The van der Waals surface area contributed by atoms with Crippen LogP contribution in [0.4, 0.5) is 0 Å². The second-order valence-corrected chi connectivity index (χ2v) is 6.18. The third-order valence-corrected chi connectivity index (χ3v) is 4.65. The molecule has 2 fully saturated rings. The van der Waals surface area contributed by atoms with Crippen molar-refractivity contribution < 1.29 is 9.84 Å². The van der Waals surface area contributed by atoms with E-state index in [0.717, 1.165) is 45.1 Å². The minimum absolute atomic E-state index is 0.334. The number of rotatable bonds is 7. The maximum absolute atomic E-state index is 10.0. The van der Waals surface area contributed by atoms with Gasteiger partial charge in [0.1, 0.15) is 0 Å². The van der Waals surface area contributed by atoms with Gasteiger partial charge < -0.3 is 9.84 Å². The molecular formula is C15H30N2O2. The lowest BCUT2D eigenvalue weighted by molar-refractivity contribution is 0.0145. The maximum atomic E-state index is 10.0. The van der Waals surface area contributed by atoms with Crippen molar-refractivity contribution in [2.75, 3.05) is 39.9 Å². The van der Waals surface area contributed by atoms with E-state index in [1.165, 1.54) is 19.3 Å². The summed E-state index contributed by atoms with van der Waals surface area (Å²) < 4.78 is 5.50. The van der Waals surface area contributed by atoms with Gasteiger partial charge >= 0.3 is 0 Å². The average molecular weight is 270 g/mol. The monoisotopic (exact) mass is 270 g/mol. The van der Waals surface area contributed by atoms with Crippen LogP contribution in [0.1, 0.15) is 39.0 Å². The Hall–Kier alpha value is -0.160. The number of β-amino-alcohol motifs (C(OH)–C–C–N with tert-alkyl or cyclic N) is 1. The zero-order valence-electron chi connectivity index (χ0n) is 12.6. The van der Waals surface area contributed by atoms with Gasteiger partial charge in [-0.15, -0.1) is 0 Å². The number of likely N-dealkylation sites (N-methyl/N-ethyl adjacent to an activating group) is 1. The summed E-state index contributed by atoms with van der Waals surface area (Å²) in [4.78, 5) is 4.97. The molecule has 0 saturated carbocycles. The predicted molar refractivity (Wildman–Crippen MR) is 77.4 cm³/mol. The van der Waals surface area contributed by atoms with Crippen molar-refractivity contribution in [1.29, 1.82) is 0 Å². The molecule has 0 aromatic carbocycles. The minimum Gasteiger partial charge on any atom is -0.389 e. The number of unbranched alkanes of at least 4 members (excludes halogenated alkanes) is 1. The van der Waals surface area contributed by atoms with Gasteiger partial charge in [-0.3, -0.25) is 9.80 Å². The lowest BCUT2D eigenvalue weighted by Crippen LogP contribution is -2.41. The molecular weight excluding hydrogens is 240 g/mol. The van der Waals surface area contributed by atoms with Gasteiger partial charge in [0.05, 0.1) is 12.7 Å². The van der Waals surface area contributed by atoms with Crippen LogP contribution in [0.25, 0.3) is 0 Å². The smallest absolute Gasteiger partial charge is 0.0900 e. The molecule has 1 N–H and O–H groups in total. The van der Waals surface area contributed by atoms with Gasteiger partial charge in [-0.2, -0.15) is 0 Å². The summed E-state index contributed by atoms with van der Waals surface area (Å²) in [5, 5.41) is 10.0. The molecule has 2 aliphatic rings. The first-order chi connectivity index (χ1) is 9.20. The molecule has 2 aliphatic heterocycles. The second-order valence-electron chi connectivity index (χ2n) is 6.18. The number of hydrogen-bond acceptors (Lipinski definition) is 4. The van der Waals surface area contributed by atoms with Crippen LogP contribution in [0, 0.1) is 0 Å². The van der Waals surface area contributed by atoms with Gasteiger partial charge in [0, 0.05) is 31.8 Å². The number of aliphatic hydroxyl groups is 1. The van der Waals surface area contributed by atoms with Crippen LogP contribution >= 0.6 is 0 Å². The molecule has 4 nitrogen and oxygen atoms in total. The van der Waals surface area contributed by atoms with Crippen LogP contribution in [0.15, 0.2) is 0 Å². The number of ether oxygens (including phenoxy) is 1. The van der Waals surface area contributed by atoms with Crippen LogP contribution in [0.2, 0.25) is 0 Å². The Bertz CT molecular complexity index is 263. The summed E-state index contributed by atoms with van der Waals surface area (Å²) in [6.45, 7) is 6.42. The molecule has 2 rings (SSSR count). The van der Waals surface area contributed by atoms with E-state index >= 15 is 0 Å². The van der Waals surface area contributed by atoms with Crippen LogP contribution in [-0.4, -0.2) is 73.0 Å². The van der Waals surface area contributed by atoms with Crippen molar-refractivity contribution in [2.24, 2.45) is 0 Å². The van der Waals surface area contributed by atoms with E-state index < -0.39 is 0 Å². The fourth-order valence-corrected chi connectivity index (χ4v) is 3.36. The Balaban J connectivity index is 1.68. The van der Waals surface area contributed by atoms with Crippen molar-refractivity contribution in [3.05, 3.63) is 0 Å². The summed E-state index contributed by atoms with van der Waals surface area (Å²) in [5.74, 6) is 0. The molecule has 2 saturated heterocycles. The van der Waals surface area contributed by atoms with E-state index in [-0.39, 0.29) is 6.10 Å². The molecule has 0 aromatic rings. The van der Waals surface area contributed by atoms with Gasteiger partial charge in [-0.25, -0.2) is 0 Å². The molecule has 2 heterocycles. The highest BCUT2D eigenvalue weighted by atomic mass is 16.5. The van der Waals surface area contributed by atoms with E-state index in [1.807, 2.05) is 0 Å². The largest absolute Gasteiger partial charge is 0.389 e. The molecule has 3 atom stereocenters. The third kappa shape index (κ3) is 4.42. The number of likely N-dealkylation sites (tertiary alicyclic amines) is 1. The number of aliphatic hydroxyl groups excluding tert-OH is 1. The molecule has 2 bridgehead atoms. The normalized spacial score (nSPS) is 30.5. The second kappa shape index (κ2) is 7.58. The summed E-state index contributed by atoms with van der Waals surface area (Å²) in [7, 11) is 2.26. The summed E-state index contributed by atoms with van der Waals surface area (Å²) in [6, 6.07) is 1.47. The standard InChI is InChI=1S/C15H30N2O2/c1-3-4-9-19-12-15(18)11-17-8-7-13-5-6-14(10-17)16(13)2/h13-15,18H,3-12H2,1-2H3. The Morgan fingerprint density at radius 1 is 1.26 bits per heavy atom. The molecule has 0 aromatic heterocycles. The van der Waals surface area contributed by atoms with Gasteiger partial charge in [0.2, 0.25) is 0 Å². The van der Waals surface area contributed by atoms with Crippen LogP contribution < -0.4 is 0 Å². The Morgan fingerprint density at radius 2 is 2.05 bits per heavy atom. The predicted octanol–water partition coefficient (Wildman–Crippen LogP) is 1.33. The first kappa shape index (κ1) is 15.2. The Labute approximate surface area is 117 Å². The average Bonchev–Trinajstić information content (AvgIpc) is 2.63. The quantitative estimate of drug-likeness (QED) is 0.708. The van der Waals surface area contributed by atoms with E-state index in [4.69, 9.17) is 4.74 Å². The molecule has 19 heavy (non-hydrogen) atoms. The van der Waals surface area contributed by atoms with E-state index in [2.05, 4.69) is 23.8 Å². The van der Waals surface area contributed by atoms with Crippen LogP contribution in [0.5, 0.6) is 0 Å². The van der Waals surface area contributed by atoms with Crippen LogP contribution in [0.3, 0.4) is 0 Å². The molecule has 112 valence electrons. The Morgan fingerprint density at radius 3 is 2.84 bits per heavy atom.